The summed E-state index contributed by atoms with van der Waals surface area (Å²) >= 11 is 0. The van der Waals surface area contributed by atoms with Gasteiger partial charge >= 0.3 is 0 Å². The Kier molecular flexibility index (Phi) is 5.07. The van der Waals surface area contributed by atoms with Crippen molar-refractivity contribution in [3.63, 3.8) is 0 Å². The molecule has 96 valence electrons. The highest BCUT2D eigenvalue weighted by atomic mass is 16.5. The highest BCUT2D eigenvalue weighted by Crippen LogP contribution is 2.21. The van der Waals surface area contributed by atoms with Gasteiger partial charge in [0, 0.05) is 6.54 Å². The van der Waals surface area contributed by atoms with E-state index in [0.717, 1.165) is 18.8 Å². The summed E-state index contributed by atoms with van der Waals surface area (Å²) in [6, 6.07) is 3.70. The van der Waals surface area contributed by atoms with Gasteiger partial charge in [0.05, 0.1) is 11.8 Å². The number of aromatic nitrogens is 1. The highest BCUT2D eigenvalue weighted by molar-refractivity contribution is 5.53. The third-order valence-electron chi connectivity index (χ3n) is 2.26. The fraction of sp³-hybridized carbons (Fsp3) is 0.615. The van der Waals surface area contributed by atoms with Gasteiger partial charge in [-0.3, -0.25) is 0 Å². The van der Waals surface area contributed by atoms with Gasteiger partial charge in [0.15, 0.2) is 0 Å². The molecule has 0 aliphatic rings. The summed E-state index contributed by atoms with van der Waals surface area (Å²) in [6.45, 7) is 9.23. The molecule has 1 aromatic heterocycles. The molecular weight excluding hydrogens is 214 g/mol. The maximum Gasteiger partial charge on any atom is 0.239 e. The normalized spacial score (nSPS) is 10.9. The third kappa shape index (κ3) is 4.93. The van der Waals surface area contributed by atoms with Crippen LogP contribution < -0.4 is 15.8 Å². The number of hydrogen-bond donors (Lipinski definition) is 2. The quantitative estimate of drug-likeness (QED) is 0.798. The molecule has 0 atom stereocenters. The number of nitrogens with zero attached hydrogens (tertiary/aromatic N) is 1. The van der Waals surface area contributed by atoms with E-state index in [0.29, 0.717) is 17.5 Å². The van der Waals surface area contributed by atoms with Gasteiger partial charge in [0.2, 0.25) is 5.88 Å². The van der Waals surface area contributed by atoms with Crippen LogP contribution in [0.15, 0.2) is 12.1 Å². The molecule has 1 rings (SSSR count). The number of anilines is 2. The molecule has 0 bridgehead atoms. The van der Waals surface area contributed by atoms with Crippen LogP contribution >= 0.6 is 0 Å². The molecule has 0 radical (unpaired) electrons. The zero-order valence-corrected chi connectivity index (χ0v) is 11.2. The SMILES string of the molecule is CC(C)CCNc1ccc(N)c(OC(C)C)n1. The largest absolute Gasteiger partial charge is 0.473 e. The summed E-state index contributed by atoms with van der Waals surface area (Å²) in [5.41, 5.74) is 6.38. The van der Waals surface area contributed by atoms with Gasteiger partial charge in [-0.1, -0.05) is 13.8 Å². The number of nitrogens with one attached hydrogen (secondary N) is 1. The van der Waals surface area contributed by atoms with Crippen LogP contribution in [-0.2, 0) is 0 Å². The number of hydrogen-bond acceptors (Lipinski definition) is 4. The van der Waals surface area contributed by atoms with Gasteiger partial charge in [-0.05, 0) is 38.3 Å². The van der Waals surface area contributed by atoms with E-state index in [2.05, 4.69) is 24.1 Å². The van der Waals surface area contributed by atoms with Gasteiger partial charge in [0.1, 0.15) is 5.82 Å². The van der Waals surface area contributed by atoms with Crippen molar-refractivity contribution in [2.24, 2.45) is 5.92 Å². The molecule has 3 N–H and O–H groups in total. The van der Waals surface area contributed by atoms with E-state index in [9.17, 15) is 0 Å². The molecular formula is C13H23N3O. The van der Waals surface area contributed by atoms with E-state index in [-0.39, 0.29) is 6.10 Å². The fourth-order valence-corrected chi connectivity index (χ4v) is 1.36. The summed E-state index contributed by atoms with van der Waals surface area (Å²) in [5, 5.41) is 3.27. The standard InChI is InChI=1S/C13H23N3O/c1-9(2)7-8-15-12-6-5-11(14)13(16-12)17-10(3)4/h5-6,9-10H,7-8,14H2,1-4H3,(H,15,16). The Balaban J connectivity index is 2.61. The van der Waals surface area contributed by atoms with Crippen LogP contribution in [0.2, 0.25) is 0 Å². The van der Waals surface area contributed by atoms with Crippen molar-refractivity contribution in [1.29, 1.82) is 0 Å². The van der Waals surface area contributed by atoms with Crippen molar-refractivity contribution < 1.29 is 4.74 Å². The predicted molar refractivity (Wildman–Crippen MR) is 72.4 cm³/mol. The average molecular weight is 237 g/mol. The molecule has 0 amide bonds. The first-order valence-corrected chi connectivity index (χ1v) is 6.16. The van der Waals surface area contributed by atoms with E-state index in [1.54, 1.807) is 0 Å². The minimum Gasteiger partial charge on any atom is -0.473 e. The monoisotopic (exact) mass is 237 g/mol. The zero-order valence-electron chi connectivity index (χ0n) is 11.2. The first-order valence-electron chi connectivity index (χ1n) is 6.16. The zero-order chi connectivity index (χ0) is 12.8. The Morgan fingerprint density at radius 2 is 2.00 bits per heavy atom. The molecule has 0 saturated carbocycles. The summed E-state index contributed by atoms with van der Waals surface area (Å²) in [6.07, 6.45) is 1.20. The van der Waals surface area contributed by atoms with Crippen molar-refractivity contribution in [1.82, 2.24) is 4.98 Å². The molecule has 4 heteroatoms. The van der Waals surface area contributed by atoms with Crippen LogP contribution in [0.4, 0.5) is 11.5 Å². The van der Waals surface area contributed by atoms with Crippen LogP contribution in [-0.4, -0.2) is 17.6 Å². The van der Waals surface area contributed by atoms with Gasteiger partial charge in [-0.2, -0.15) is 4.98 Å². The van der Waals surface area contributed by atoms with Gasteiger partial charge in [0.25, 0.3) is 0 Å². The van der Waals surface area contributed by atoms with E-state index in [1.165, 1.54) is 0 Å². The third-order valence-corrected chi connectivity index (χ3v) is 2.26. The molecule has 1 heterocycles. The summed E-state index contributed by atoms with van der Waals surface area (Å²) in [7, 11) is 0. The van der Waals surface area contributed by atoms with Crippen LogP contribution in [0.5, 0.6) is 5.88 Å². The highest BCUT2D eigenvalue weighted by Gasteiger charge is 2.06. The molecule has 1 aromatic rings. The second kappa shape index (κ2) is 6.33. The van der Waals surface area contributed by atoms with Crippen LogP contribution in [0, 0.1) is 5.92 Å². The molecule has 0 aliphatic heterocycles. The van der Waals surface area contributed by atoms with Crippen LogP contribution in [0.3, 0.4) is 0 Å². The minimum atomic E-state index is 0.0794. The molecule has 0 unspecified atom stereocenters. The Morgan fingerprint density at radius 3 is 2.59 bits per heavy atom. The fourth-order valence-electron chi connectivity index (χ4n) is 1.36. The molecule has 0 aromatic carbocycles. The Bertz CT molecular complexity index is 351. The average Bonchev–Trinajstić information content (AvgIpc) is 2.21. The summed E-state index contributed by atoms with van der Waals surface area (Å²) in [4.78, 5) is 4.35. The molecule has 0 spiro atoms. The summed E-state index contributed by atoms with van der Waals surface area (Å²) < 4.78 is 5.54. The van der Waals surface area contributed by atoms with Gasteiger partial charge < -0.3 is 15.8 Å². The maximum absolute atomic E-state index is 5.80. The first-order chi connectivity index (χ1) is 7.99. The number of nitrogen functional groups attached to an aromatic ring is 1. The van der Waals surface area contributed by atoms with Crippen molar-refractivity contribution in [2.75, 3.05) is 17.6 Å². The number of ether oxygens (including phenoxy) is 1. The number of rotatable bonds is 6. The van der Waals surface area contributed by atoms with E-state index >= 15 is 0 Å². The van der Waals surface area contributed by atoms with E-state index in [4.69, 9.17) is 10.5 Å². The predicted octanol–water partition coefficient (Wildman–Crippen LogP) is 2.91. The summed E-state index contributed by atoms with van der Waals surface area (Å²) in [5.74, 6) is 2.01. The second-order valence-corrected chi connectivity index (χ2v) is 4.87. The lowest BCUT2D eigenvalue weighted by Crippen LogP contribution is -2.11. The molecule has 0 saturated heterocycles. The first kappa shape index (κ1) is 13.6. The Hall–Kier alpha value is -1.45. The van der Waals surface area contributed by atoms with E-state index < -0.39 is 0 Å². The number of pyridine rings is 1. The van der Waals surface area contributed by atoms with Crippen molar-refractivity contribution in [3.05, 3.63) is 12.1 Å². The smallest absolute Gasteiger partial charge is 0.239 e. The lowest BCUT2D eigenvalue weighted by atomic mass is 10.1. The molecule has 17 heavy (non-hydrogen) atoms. The van der Waals surface area contributed by atoms with E-state index in [1.807, 2.05) is 26.0 Å². The van der Waals surface area contributed by atoms with Crippen molar-refractivity contribution in [2.45, 2.75) is 40.2 Å². The van der Waals surface area contributed by atoms with Crippen LogP contribution in [0.25, 0.3) is 0 Å². The van der Waals surface area contributed by atoms with Crippen LogP contribution in [0.1, 0.15) is 34.1 Å². The molecule has 4 nitrogen and oxygen atoms in total. The second-order valence-electron chi connectivity index (χ2n) is 4.87. The molecule has 0 fully saturated rings. The van der Waals surface area contributed by atoms with Gasteiger partial charge in [-0.25, -0.2) is 0 Å². The Morgan fingerprint density at radius 1 is 1.29 bits per heavy atom. The van der Waals surface area contributed by atoms with Crippen molar-refractivity contribution in [3.8, 4) is 5.88 Å². The molecule has 0 aliphatic carbocycles. The Labute approximate surface area is 104 Å². The van der Waals surface area contributed by atoms with Crippen molar-refractivity contribution >= 4 is 11.5 Å². The maximum atomic E-state index is 5.80. The topological polar surface area (TPSA) is 60.2 Å². The van der Waals surface area contributed by atoms with Gasteiger partial charge in [-0.15, -0.1) is 0 Å². The lowest BCUT2D eigenvalue weighted by Gasteiger charge is -2.13. The minimum absolute atomic E-state index is 0.0794. The number of nitrogens with two attached hydrogens (primary N) is 1. The lowest BCUT2D eigenvalue weighted by molar-refractivity contribution is 0.234.